The molecule has 0 bridgehead atoms. The summed E-state index contributed by atoms with van der Waals surface area (Å²) in [5, 5.41) is 6.92. The van der Waals surface area contributed by atoms with Crippen LogP contribution in [0.5, 0.6) is 5.75 Å². The van der Waals surface area contributed by atoms with Crippen LogP contribution in [0.4, 0.5) is 4.39 Å². The highest BCUT2D eigenvalue weighted by Gasteiger charge is 2.29. The van der Waals surface area contributed by atoms with Crippen molar-refractivity contribution in [2.24, 2.45) is 10.7 Å². The van der Waals surface area contributed by atoms with Gasteiger partial charge in [-0.3, -0.25) is 0 Å². The van der Waals surface area contributed by atoms with Crippen molar-refractivity contribution in [2.75, 3.05) is 7.11 Å². The minimum absolute atomic E-state index is 0.167. The maximum absolute atomic E-state index is 13.6. The third kappa shape index (κ3) is 1.86. The molecule has 2 aromatic rings. The van der Waals surface area contributed by atoms with Gasteiger partial charge in [0.25, 0.3) is 0 Å². The second kappa shape index (κ2) is 4.74. The SMILES string of the molecule is COc1cc(F)cc2cc(C3=CNC4N=CNC(N)=C34)sc12. The Morgan fingerprint density at radius 2 is 2.23 bits per heavy atom. The number of nitrogens with two attached hydrogens (primary N) is 1. The first kappa shape index (κ1) is 13.1. The topological polar surface area (TPSA) is 71.7 Å². The van der Waals surface area contributed by atoms with E-state index in [-0.39, 0.29) is 12.0 Å². The number of ether oxygens (including phenoxy) is 1. The van der Waals surface area contributed by atoms with Crippen LogP contribution in [0.1, 0.15) is 4.88 Å². The monoisotopic (exact) mass is 316 g/mol. The first-order valence-corrected chi connectivity index (χ1v) is 7.51. The second-order valence-corrected chi connectivity index (χ2v) is 6.07. The molecule has 1 unspecified atom stereocenters. The Morgan fingerprint density at radius 1 is 1.36 bits per heavy atom. The third-order valence-corrected chi connectivity index (χ3v) is 4.91. The Balaban J connectivity index is 1.86. The van der Waals surface area contributed by atoms with Crippen molar-refractivity contribution in [3.05, 3.63) is 46.5 Å². The van der Waals surface area contributed by atoms with Crippen molar-refractivity contribution >= 4 is 33.3 Å². The lowest BCUT2D eigenvalue weighted by Gasteiger charge is -2.17. The summed E-state index contributed by atoms with van der Waals surface area (Å²) >= 11 is 1.54. The highest BCUT2D eigenvalue weighted by molar-refractivity contribution is 7.20. The van der Waals surface area contributed by atoms with Gasteiger partial charge >= 0.3 is 0 Å². The molecule has 0 amide bonds. The molecule has 2 aliphatic rings. The van der Waals surface area contributed by atoms with Gasteiger partial charge in [-0.1, -0.05) is 0 Å². The first-order valence-electron chi connectivity index (χ1n) is 6.69. The van der Waals surface area contributed by atoms with E-state index in [1.807, 2.05) is 12.3 Å². The van der Waals surface area contributed by atoms with Crippen molar-refractivity contribution in [1.82, 2.24) is 10.6 Å². The molecule has 7 heteroatoms. The molecule has 1 atom stereocenters. The quantitative estimate of drug-likeness (QED) is 0.793. The van der Waals surface area contributed by atoms with E-state index in [0.717, 1.165) is 26.1 Å². The molecule has 22 heavy (non-hydrogen) atoms. The van der Waals surface area contributed by atoms with Gasteiger partial charge in [0.15, 0.2) is 0 Å². The fraction of sp³-hybridized carbons (Fsp3) is 0.133. The van der Waals surface area contributed by atoms with Gasteiger partial charge in [0.2, 0.25) is 0 Å². The normalized spacial score (nSPS) is 19.7. The van der Waals surface area contributed by atoms with E-state index < -0.39 is 0 Å². The largest absolute Gasteiger partial charge is 0.495 e. The number of benzene rings is 1. The lowest BCUT2D eigenvalue weighted by molar-refractivity contribution is 0.417. The van der Waals surface area contributed by atoms with Crippen molar-refractivity contribution in [3.63, 3.8) is 0 Å². The molecule has 0 aliphatic carbocycles. The summed E-state index contributed by atoms with van der Waals surface area (Å²) < 4.78 is 19.8. The Morgan fingerprint density at radius 3 is 3.05 bits per heavy atom. The number of nitrogens with one attached hydrogen (secondary N) is 2. The summed E-state index contributed by atoms with van der Waals surface area (Å²) in [5.74, 6) is 0.802. The maximum Gasteiger partial charge on any atom is 0.150 e. The molecule has 0 saturated heterocycles. The number of thiophene rings is 1. The lowest BCUT2D eigenvalue weighted by Crippen LogP contribution is -2.32. The Hall–Kier alpha value is -2.54. The molecule has 1 aromatic carbocycles. The van der Waals surface area contributed by atoms with Crippen LogP contribution in [-0.2, 0) is 0 Å². The van der Waals surface area contributed by atoms with E-state index in [1.165, 1.54) is 12.1 Å². The lowest BCUT2D eigenvalue weighted by atomic mass is 10.0. The number of hydrogen-bond donors (Lipinski definition) is 3. The molecular weight excluding hydrogens is 303 g/mol. The zero-order valence-electron chi connectivity index (χ0n) is 11.7. The predicted molar refractivity (Wildman–Crippen MR) is 86.1 cm³/mol. The summed E-state index contributed by atoms with van der Waals surface area (Å²) in [6, 6.07) is 4.85. The summed E-state index contributed by atoms with van der Waals surface area (Å²) in [7, 11) is 1.54. The van der Waals surface area contributed by atoms with Gasteiger partial charge in [-0.05, 0) is 17.5 Å². The van der Waals surface area contributed by atoms with E-state index in [9.17, 15) is 4.39 Å². The molecule has 0 fully saturated rings. The third-order valence-electron chi connectivity index (χ3n) is 3.72. The average Bonchev–Trinajstić information content (AvgIpc) is 3.10. The van der Waals surface area contributed by atoms with Crippen LogP contribution < -0.4 is 21.1 Å². The fourth-order valence-corrected chi connectivity index (χ4v) is 3.88. The smallest absolute Gasteiger partial charge is 0.150 e. The molecule has 1 aromatic heterocycles. The molecule has 4 N–H and O–H groups in total. The Bertz CT molecular complexity index is 868. The first-order chi connectivity index (χ1) is 10.7. The van der Waals surface area contributed by atoms with Crippen LogP contribution in [0.15, 0.2) is 40.8 Å². The van der Waals surface area contributed by atoms with E-state index in [1.54, 1.807) is 24.8 Å². The molecular formula is C15H13FN4OS. The van der Waals surface area contributed by atoms with Crippen LogP contribution in [0.3, 0.4) is 0 Å². The Kier molecular flexibility index (Phi) is 2.83. The van der Waals surface area contributed by atoms with Gasteiger partial charge < -0.3 is 21.1 Å². The van der Waals surface area contributed by atoms with E-state index in [2.05, 4.69) is 15.6 Å². The van der Waals surface area contributed by atoms with Crippen molar-refractivity contribution < 1.29 is 9.13 Å². The molecule has 3 heterocycles. The summed E-state index contributed by atoms with van der Waals surface area (Å²) in [6.45, 7) is 0. The van der Waals surface area contributed by atoms with Gasteiger partial charge in [-0.15, -0.1) is 11.3 Å². The molecule has 0 saturated carbocycles. The molecule has 5 nitrogen and oxygen atoms in total. The molecule has 112 valence electrons. The van der Waals surface area contributed by atoms with E-state index >= 15 is 0 Å². The predicted octanol–water partition coefficient (Wildman–Crippen LogP) is 2.12. The van der Waals surface area contributed by atoms with Crippen LogP contribution >= 0.6 is 11.3 Å². The van der Waals surface area contributed by atoms with Gasteiger partial charge in [0, 0.05) is 28.3 Å². The number of methoxy groups -OCH3 is 1. The van der Waals surface area contributed by atoms with Gasteiger partial charge in [-0.2, -0.15) is 0 Å². The van der Waals surface area contributed by atoms with Gasteiger partial charge in [0.1, 0.15) is 23.6 Å². The summed E-state index contributed by atoms with van der Waals surface area (Å²) in [4.78, 5) is 5.29. The average molecular weight is 316 g/mol. The molecule has 0 radical (unpaired) electrons. The van der Waals surface area contributed by atoms with Crippen molar-refractivity contribution in [1.29, 1.82) is 0 Å². The molecule has 2 aliphatic heterocycles. The zero-order valence-corrected chi connectivity index (χ0v) is 12.5. The zero-order chi connectivity index (χ0) is 15.3. The molecule has 4 rings (SSSR count). The number of nitrogens with zero attached hydrogens (tertiary/aromatic N) is 1. The van der Waals surface area contributed by atoms with E-state index in [0.29, 0.717) is 11.6 Å². The van der Waals surface area contributed by atoms with Crippen molar-refractivity contribution in [2.45, 2.75) is 6.17 Å². The number of hydrogen-bond acceptors (Lipinski definition) is 6. The summed E-state index contributed by atoms with van der Waals surface area (Å²) in [5.41, 5.74) is 7.92. The number of fused-ring (bicyclic) bond motifs is 2. The van der Waals surface area contributed by atoms with Gasteiger partial charge in [0.05, 0.1) is 18.1 Å². The van der Waals surface area contributed by atoms with E-state index in [4.69, 9.17) is 10.5 Å². The van der Waals surface area contributed by atoms with Crippen LogP contribution in [0.25, 0.3) is 15.7 Å². The highest BCUT2D eigenvalue weighted by atomic mass is 32.1. The van der Waals surface area contributed by atoms with Crippen LogP contribution in [0, 0.1) is 5.82 Å². The second-order valence-electron chi connectivity index (χ2n) is 5.01. The fourth-order valence-electron chi connectivity index (χ4n) is 2.71. The number of halogens is 1. The minimum atomic E-state index is -0.312. The van der Waals surface area contributed by atoms with Gasteiger partial charge in [-0.25, -0.2) is 9.38 Å². The standard InChI is InChI=1S/C15H13FN4OS/c1-21-10-4-8(16)2-7-3-11(22-13(7)10)9-5-18-15-12(9)14(17)19-6-20-15/h2-6,15,18H,17H2,1H3,(H,19,20). The van der Waals surface area contributed by atoms with Crippen LogP contribution in [0.2, 0.25) is 0 Å². The Labute approximate surface area is 130 Å². The minimum Gasteiger partial charge on any atom is -0.495 e. The van der Waals surface area contributed by atoms with Crippen LogP contribution in [-0.4, -0.2) is 19.6 Å². The number of aliphatic imine (C=N–C) groups is 1. The summed E-state index contributed by atoms with van der Waals surface area (Å²) in [6.07, 6.45) is 3.31. The van der Waals surface area contributed by atoms with Crippen molar-refractivity contribution in [3.8, 4) is 5.75 Å². The maximum atomic E-state index is 13.6. The number of rotatable bonds is 2. The highest BCUT2D eigenvalue weighted by Crippen LogP contribution is 2.41. The molecule has 0 spiro atoms.